The summed E-state index contributed by atoms with van der Waals surface area (Å²) in [5.41, 5.74) is 2.84. The van der Waals surface area contributed by atoms with Crippen LogP contribution in [0.2, 0.25) is 0 Å². The Labute approximate surface area is 165 Å². The lowest BCUT2D eigenvalue weighted by Crippen LogP contribution is -2.26. The average molecular weight is 378 g/mol. The Balaban J connectivity index is 1.57. The highest BCUT2D eigenvalue weighted by atomic mass is 32.2. The summed E-state index contributed by atoms with van der Waals surface area (Å²) in [6.07, 6.45) is 2.05. The lowest BCUT2D eigenvalue weighted by Gasteiger charge is -2.18. The highest BCUT2D eigenvalue weighted by Gasteiger charge is 2.12. The summed E-state index contributed by atoms with van der Waals surface area (Å²) in [6, 6.07) is 25.6. The molecule has 1 amide bonds. The average Bonchev–Trinajstić information content (AvgIpc) is 2.73. The maximum absolute atomic E-state index is 12.7. The highest BCUT2D eigenvalue weighted by Crippen LogP contribution is 2.17. The van der Waals surface area contributed by atoms with Gasteiger partial charge in [0.05, 0.1) is 0 Å². The van der Waals surface area contributed by atoms with Crippen molar-refractivity contribution in [3.05, 3.63) is 95.6 Å². The number of hydrogen-bond donors (Lipinski definition) is 0. The molecule has 0 bridgehead atoms. The van der Waals surface area contributed by atoms with Crippen LogP contribution in [-0.2, 0) is 13.2 Å². The molecule has 0 radical (unpaired) electrons. The number of thioether (sulfide) groups is 1. The van der Waals surface area contributed by atoms with Crippen LogP contribution in [0.1, 0.15) is 21.5 Å². The van der Waals surface area contributed by atoms with Crippen LogP contribution in [0.15, 0.2) is 83.8 Å². The largest absolute Gasteiger partial charge is 0.489 e. The van der Waals surface area contributed by atoms with E-state index in [4.69, 9.17) is 4.74 Å². The van der Waals surface area contributed by atoms with Crippen molar-refractivity contribution in [1.82, 2.24) is 4.90 Å². The lowest BCUT2D eigenvalue weighted by atomic mass is 10.1. The molecule has 0 aromatic heterocycles. The molecule has 3 aromatic carbocycles. The van der Waals surface area contributed by atoms with Gasteiger partial charge in [0.15, 0.2) is 0 Å². The van der Waals surface area contributed by atoms with Gasteiger partial charge in [-0.1, -0.05) is 42.5 Å². The number of ether oxygens (including phenoxy) is 1. The quantitative estimate of drug-likeness (QED) is 0.526. The van der Waals surface area contributed by atoms with Crippen molar-refractivity contribution in [2.24, 2.45) is 0 Å². The number of benzene rings is 3. The maximum Gasteiger partial charge on any atom is 0.253 e. The third-order valence-corrected chi connectivity index (χ3v) is 5.02. The van der Waals surface area contributed by atoms with Crippen molar-refractivity contribution < 1.29 is 9.53 Å². The third-order valence-electron chi connectivity index (χ3n) is 4.28. The minimum atomic E-state index is 0.0134. The molecule has 0 aliphatic carbocycles. The van der Waals surface area contributed by atoms with Crippen molar-refractivity contribution in [2.45, 2.75) is 18.0 Å². The predicted molar refractivity (Wildman–Crippen MR) is 111 cm³/mol. The van der Waals surface area contributed by atoms with E-state index in [1.54, 1.807) is 16.7 Å². The van der Waals surface area contributed by atoms with Gasteiger partial charge in [-0.05, 0) is 53.8 Å². The summed E-state index contributed by atoms with van der Waals surface area (Å²) in [6.45, 7) is 1.07. The Morgan fingerprint density at radius 3 is 2.15 bits per heavy atom. The molecule has 0 saturated heterocycles. The van der Waals surface area contributed by atoms with Gasteiger partial charge in [0.25, 0.3) is 5.91 Å². The van der Waals surface area contributed by atoms with Crippen LogP contribution < -0.4 is 4.74 Å². The molecule has 0 aliphatic rings. The number of amides is 1. The second kappa shape index (κ2) is 9.28. The number of para-hydroxylation sites is 1. The van der Waals surface area contributed by atoms with Crippen LogP contribution in [0.5, 0.6) is 5.75 Å². The van der Waals surface area contributed by atoms with E-state index in [0.717, 1.165) is 16.9 Å². The Bertz CT molecular complexity index is 861. The van der Waals surface area contributed by atoms with Crippen LogP contribution >= 0.6 is 11.8 Å². The lowest BCUT2D eigenvalue weighted by molar-refractivity contribution is 0.0785. The first-order valence-corrected chi connectivity index (χ1v) is 10.0. The molecule has 0 fully saturated rings. The number of nitrogens with zero attached hydrogens (tertiary/aromatic N) is 1. The van der Waals surface area contributed by atoms with E-state index in [9.17, 15) is 4.79 Å². The van der Waals surface area contributed by atoms with Gasteiger partial charge in [0.2, 0.25) is 0 Å². The molecule has 3 nitrogen and oxygen atoms in total. The first-order valence-electron chi connectivity index (χ1n) is 8.81. The molecule has 0 atom stereocenters. The van der Waals surface area contributed by atoms with E-state index >= 15 is 0 Å². The standard InChI is InChI=1S/C23H23NO2S/c1-24(16-18-10-14-22(27-2)15-11-18)23(25)20-12-8-19(9-13-20)17-26-21-6-4-3-5-7-21/h3-15H,16-17H2,1-2H3. The van der Waals surface area contributed by atoms with Crippen molar-refractivity contribution in [3.8, 4) is 5.75 Å². The van der Waals surface area contributed by atoms with Gasteiger partial charge in [-0.2, -0.15) is 0 Å². The smallest absolute Gasteiger partial charge is 0.253 e. The zero-order valence-corrected chi connectivity index (χ0v) is 16.4. The van der Waals surface area contributed by atoms with Crippen LogP contribution in [0.25, 0.3) is 0 Å². The van der Waals surface area contributed by atoms with Gasteiger partial charge in [0.1, 0.15) is 12.4 Å². The van der Waals surface area contributed by atoms with Crippen LogP contribution in [-0.4, -0.2) is 24.1 Å². The van der Waals surface area contributed by atoms with Crippen molar-refractivity contribution >= 4 is 17.7 Å². The van der Waals surface area contributed by atoms with E-state index in [0.29, 0.717) is 18.7 Å². The Morgan fingerprint density at radius 2 is 1.52 bits per heavy atom. The van der Waals surface area contributed by atoms with Gasteiger partial charge in [-0.15, -0.1) is 11.8 Å². The fraction of sp³-hybridized carbons (Fsp3) is 0.174. The fourth-order valence-electron chi connectivity index (χ4n) is 2.72. The molecule has 0 aliphatic heterocycles. The zero-order chi connectivity index (χ0) is 19.1. The third kappa shape index (κ3) is 5.38. The molecule has 3 rings (SSSR count). The summed E-state index contributed by atoms with van der Waals surface area (Å²) in [7, 11) is 1.83. The maximum atomic E-state index is 12.7. The minimum absolute atomic E-state index is 0.0134. The molecule has 3 aromatic rings. The second-order valence-corrected chi connectivity index (χ2v) is 7.19. The minimum Gasteiger partial charge on any atom is -0.489 e. The van der Waals surface area contributed by atoms with Gasteiger partial charge in [-0.25, -0.2) is 0 Å². The second-order valence-electron chi connectivity index (χ2n) is 6.31. The van der Waals surface area contributed by atoms with Crippen molar-refractivity contribution in [3.63, 3.8) is 0 Å². The SMILES string of the molecule is CSc1ccc(CN(C)C(=O)c2ccc(COc3ccccc3)cc2)cc1. The van der Waals surface area contributed by atoms with Gasteiger partial charge in [-0.3, -0.25) is 4.79 Å². The summed E-state index contributed by atoms with van der Waals surface area (Å²) in [5, 5.41) is 0. The molecule has 0 spiro atoms. The molecule has 0 N–H and O–H groups in total. The molecule has 4 heteroatoms. The number of hydrogen-bond acceptors (Lipinski definition) is 3. The molecule has 27 heavy (non-hydrogen) atoms. The molecular weight excluding hydrogens is 354 g/mol. The summed E-state index contributed by atoms with van der Waals surface area (Å²) < 4.78 is 5.74. The Hall–Kier alpha value is -2.72. The molecule has 0 unspecified atom stereocenters. The predicted octanol–water partition coefficient (Wildman–Crippen LogP) is 5.26. The fourth-order valence-corrected chi connectivity index (χ4v) is 3.13. The van der Waals surface area contributed by atoms with Crippen molar-refractivity contribution in [2.75, 3.05) is 13.3 Å². The number of carbonyl (C=O) groups excluding carboxylic acids is 1. The van der Waals surface area contributed by atoms with Crippen LogP contribution in [0, 0.1) is 0 Å². The van der Waals surface area contributed by atoms with Gasteiger partial charge < -0.3 is 9.64 Å². The number of rotatable bonds is 7. The van der Waals surface area contributed by atoms with Crippen LogP contribution in [0.4, 0.5) is 0 Å². The Kier molecular flexibility index (Phi) is 6.55. The van der Waals surface area contributed by atoms with Gasteiger partial charge >= 0.3 is 0 Å². The summed E-state index contributed by atoms with van der Waals surface area (Å²) in [5.74, 6) is 0.851. The highest BCUT2D eigenvalue weighted by molar-refractivity contribution is 7.98. The van der Waals surface area contributed by atoms with E-state index < -0.39 is 0 Å². The monoisotopic (exact) mass is 377 g/mol. The Morgan fingerprint density at radius 1 is 0.889 bits per heavy atom. The summed E-state index contributed by atoms with van der Waals surface area (Å²) >= 11 is 1.71. The van der Waals surface area contributed by atoms with Gasteiger partial charge in [0, 0.05) is 24.1 Å². The van der Waals surface area contributed by atoms with Crippen molar-refractivity contribution in [1.29, 1.82) is 0 Å². The first-order chi connectivity index (χ1) is 13.2. The summed E-state index contributed by atoms with van der Waals surface area (Å²) in [4.78, 5) is 15.6. The topological polar surface area (TPSA) is 29.5 Å². The molecular formula is C23H23NO2S. The molecule has 0 saturated carbocycles. The molecule has 0 heterocycles. The van der Waals surface area contributed by atoms with E-state index in [-0.39, 0.29) is 5.91 Å². The van der Waals surface area contributed by atoms with Crippen LogP contribution in [0.3, 0.4) is 0 Å². The number of carbonyl (C=O) groups is 1. The first kappa shape index (κ1) is 19.1. The van der Waals surface area contributed by atoms with E-state index in [1.165, 1.54) is 4.90 Å². The van der Waals surface area contributed by atoms with E-state index in [2.05, 4.69) is 30.5 Å². The van der Waals surface area contributed by atoms with E-state index in [1.807, 2.05) is 61.6 Å². The normalized spacial score (nSPS) is 10.4. The molecule has 138 valence electrons. The zero-order valence-electron chi connectivity index (χ0n) is 15.6.